The minimum absolute atomic E-state index is 0.0396. The maximum absolute atomic E-state index is 12.8. The second-order valence-corrected chi connectivity index (χ2v) is 6.10. The van der Waals surface area contributed by atoms with E-state index >= 15 is 0 Å². The molecule has 1 saturated carbocycles. The quantitative estimate of drug-likeness (QED) is 0.813. The summed E-state index contributed by atoms with van der Waals surface area (Å²) in [6.07, 6.45) is 8.21. The van der Waals surface area contributed by atoms with E-state index in [0.29, 0.717) is 18.5 Å². The Balaban J connectivity index is 2.01. The smallest absolute Gasteiger partial charge is 0.240 e. The first-order valence-electron chi connectivity index (χ1n) is 7.88. The van der Waals surface area contributed by atoms with Crippen LogP contribution in [0, 0.1) is 5.92 Å². The van der Waals surface area contributed by atoms with E-state index in [9.17, 15) is 9.90 Å². The molecule has 2 aliphatic rings. The average molecular weight is 268 g/mol. The van der Waals surface area contributed by atoms with Gasteiger partial charge in [0.05, 0.1) is 12.6 Å². The first-order chi connectivity index (χ1) is 9.24. The van der Waals surface area contributed by atoms with Crippen LogP contribution in [-0.2, 0) is 4.79 Å². The molecule has 4 heteroatoms. The molecule has 2 rings (SSSR count). The Bertz CT molecular complexity index is 290. The van der Waals surface area contributed by atoms with Crippen LogP contribution in [0.5, 0.6) is 0 Å². The van der Waals surface area contributed by atoms with Crippen LogP contribution in [0.3, 0.4) is 0 Å². The van der Waals surface area contributed by atoms with E-state index in [-0.39, 0.29) is 18.6 Å². The minimum Gasteiger partial charge on any atom is -0.395 e. The van der Waals surface area contributed by atoms with E-state index in [1.807, 2.05) is 4.90 Å². The number of carbonyl (C=O) groups excluding carboxylic acids is 1. The summed E-state index contributed by atoms with van der Waals surface area (Å²) in [7, 11) is 0. The highest BCUT2D eigenvalue weighted by atomic mass is 16.3. The number of hydrogen-bond donors (Lipinski definition) is 2. The normalized spacial score (nSPS) is 29.2. The average Bonchev–Trinajstić information content (AvgIpc) is 2.45. The molecule has 4 nitrogen and oxygen atoms in total. The Kier molecular flexibility index (Phi) is 5.64. The van der Waals surface area contributed by atoms with Crippen LogP contribution in [0.1, 0.15) is 51.9 Å². The van der Waals surface area contributed by atoms with Crippen molar-refractivity contribution in [2.24, 2.45) is 5.92 Å². The van der Waals surface area contributed by atoms with Crippen LogP contribution in [0.4, 0.5) is 0 Å². The molecule has 2 N–H and O–H groups in total. The van der Waals surface area contributed by atoms with Gasteiger partial charge in [-0.2, -0.15) is 0 Å². The van der Waals surface area contributed by atoms with Crippen LogP contribution < -0.4 is 5.32 Å². The highest BCUT2D eigenvalue weighted by Gasteiger charge is 2.34. The van der Waals surface area contributed by atoms with Gasteiger partial charge in [-0.25, -0.2) is 0 Å². The third kappa shape index (κ3) is 3.69. The lowest BCUT2D eigenvalue weighted by molar-refractivity contribution is -0.139. The summed E-state index contributed by atoms with van der Waals surface area (Å²) < 4.78 is 0. The molecular weight excluding hydrogens is 240 g/mol. The third-order valence-electron chi connectivity index (χ3n) is 4.68. The van der Waals surface area contributed by atoms with Crippen molar-refractivity contribution in [1.29, 1.82) is 0 Å². The molecule has 1 saturated heterocycles. The van der Waals surface area contributed by atoms with Crippen molar-refractivity contribution in [2.75, 3.05) is 19.7 Å². The minimum atomic E-state index is -0.0396. The number of amides is 1. The van der Waals surface area contributed by atoms with E-state index in [4.69, 9.17) is 0 Å². The Morgan fingerprint density at radius 1 is 1.21 bits per heavy atom. The van der Waals surface area contributed by atoms with Gasteiger partial charge in [-0.15, -0.1) is 0 Å². The number of nitrogens with one attached hydrogen (secondary N) is 1. The second-order valence-electron chi connectivity index (χ2n) is 6.10. The third-order valence-corrected chi connectivity index (χ3v) is 4.68. The van der Waals surface area contributed by atoms with Crippen molar-refractivity contribution in [3.8, 4) is 0 Å². The summed E-state index contributed by atoms with van der Waals surface area (Å²) in [4.78, 5) is 14.7. The Morgan fingerprint density at radius 3 is 2.58 bits per heavy atom. The SMILES string of the molecule is CC1CCCNC1C(=O)N(CCO)C1CCCCC1. The summed E-state index contributed by atoms with van der Waals surface area (Å²) in [5, 5.41) is 12.6. The maximum Gasteiger partial charge on any atom is 0.240 e. The van der Waals surface area contributed by atoms with Crippen molar-refractivity contribution in [3.05, 3.63) is 0 Å². The first kappa shape index (κ1) is 14.8. The van der Waals surface area contributed by atoms with E-state index < -0.39 is 0 Å². The predicted molar refractivity (Wildman–Crippen MR) is 75.9 cm³/mol. The van der Waals surface area contributed by atoms with Crippen molar-refractivity contribution < 1.29 is 9.90 Å². The number of carbonyl (C=O) groups is 1. The number of hydrogen-bond acceptors (Lipinski definition) is 3. The summed E-state index contributed by atoms with van der Waals surface area (Å²) >= 11 is 0. The molecule has 0 radical (unpaired) electrons. The zero-order chi connectivity index (χ0) is 13.7. The van der Waals surface area contributed by atoms with Crippen LogP contribution in [0.15, 0.2) is 0 Å². The standard InChI is InChI=1S/C15H28N2O2/c1-12-6-5-9-16-14(12)15(19)17(10-11-18)13-7-3-2-4-8-13/h12-14,16,18H,2-11H2,1H3. The summed E-state index contributed by atoms with van der Waals surface area (Å²) in [6, 6.07) is 0.312. The van der Waals surface area contributed by atoms with Crippen molar-refractivity contribution in [1.82, 2.24) is 10.2 Å². The molecule has 0 spiro atoms. The van der Waals surface area contributed by atoms with Crippen LogP contribution >= 0.6 is 0 Å². The lowest BCUT2D eigenvalue weighted by Crippen LogP contribution is -2.55. The van der Waals surface area contributed by atoms with Crippen molar-refractivity contribution >= 4 is 5.91 Å². The van der Waals surface area contributed by atoms with Gasteiger partial charge in [-0.1, -0.05) is 26.2 Å². The molecule has 1 amide bonds. The van der Waals surface area contributed by atoms with Gasteiger partial charge in [0.25, 0.3) is 0 Å². The molecule has 0 aromatic carbocycles. The zero-order valence-corrected chi connectivity index (χ0v) is 12.1. The lowest BCUT2D eigenvalue weighted by atomic mass is 9.89. The lowest BCUT2D eigenvalue weighted by Gasteiger charge is -2.39. The molecule has 2 atom stereocenters. The second kappa shape index (κ2) is 7.25. The highest BCUT2D eigenvalue weighted by Crippen LogP contribution is 2.25. The van der Waals surface area contributed by atoms with Gasteiger partial charge in [-0.05, 0) is 38.1 Å². The molecule has 1 heterocycles. The topological polar surface area (TPSA) is 52.6 Å². The van der Waals surface area contributed by atoms with Gasteiger partial charge in [-0.3, -0.25) is 4.79 Å². The first-order valence-corrected chi connectivity index (χ1v) is 7.88. The monoisotopic (exact) mass is 268 g/mol. The molecule has 0 aromatic rings. The van der Waals surface area contributed by atoms with Crippen LogP contribution in [0.25, 0.3) is 0 Å². The predicted octanol–water partition coefficient (Wildman–Crippen LogP) is 1.53. The van der Waals surface area contributed by atoms with Crippen molar-refractivity contribution in [3.63, 3.8) is 0 Å². The van der Waals surface area contributed by atoms with Gasteiger partial charge < -0.3 is 15.3 Å². The van der Waals surface area contributed by atoms with Gasteiger partial charge in [0.2, 0.25) is 5.91 Å². The zero-order valence-electron chi connectivity index (χ0n) is 12.1. The largest absolute Gasteiger partial charge is 0.395 e. The maximum atomic E-state index is 12.8. The fourth-order valence-electron chi connectivity index (χ4n) is 3.53. The molecule has 110 valence electrons. The van der Waals surface area contributed by atoms with Gasteiger partial charge in [0.15, 0.2) is 0 Å². The Hall–Kier alpha value is -0.610. The number of nitrogens with zero attached hydrogens (tertiary/aromatic N) is 1. The Morgan fingerprint density at radius 2 is 1.95 bits per heavy atom. The summed E-state index contributed by atoms with van der Waals surface area (Å²) in [5.41, 5.74) is 0. The van der Waals surface area contributed by atoms with Crippen LogP contribution in [0.2, 0.25) is 0 Å². The number of aliphatic hydroxyl groups is 1. The van der Waals surface area contributed by atoms with Gasteiger partial charge in [0, 0.05) is 12.6 Å². The van der Waals surface area contributed by atoms with E-state index in [1.54, 1.807) is 0 Å². The fraction of sp³-hybridized carbons (Fsp3) is 0.933. The molecule has 19 heavy (non-hydrogen) atoms. The molecule has 0 aromatic heterocycles. The number of rotatable bonds is 4. The molecule has 1 aliphatic carbocycles. The summed E-state index contributed by atoms with van der Waals surface area (Å²) in [6.45, 7) is 3.67. The summed E-state index contributed by atoms with van der Waals surface area (Å²) in [5.74, 6) is 0.624. The van der Waals surface area contributed by atoms with Gasteiger partial charge >= 0.3 is 0 Å². The highest BCUT2D eigenvalue weighted by molar-refractivity contribution is 5.82. The number of piperidine rings is 1. The molecule has 2 fully saturated rings. The Labute approximate surface area is 116 Å². The van der Waals surface area contributed by atoms with Crippen LogP contribution in [-0.4, -0.2) is 47.7 Å². The molecule has 1 aliphatic heterocycles. The van der Waals surface area contributed by atoms with E-state index in [1.165, 1.54) is 19.3 Å². The van der Waals surface area contributed by atoms with E-state index in [2.05, 4.69) is 12.2 Å². The van der Waals surface area contributed by atoms with Gasteiger partial charge in [0.1, 0.15) is 0 Å². The number of aliphatic hydroxyl groups excluding tert-OH is 1. The molecule has 0 bridgehead atoms. The molecular formula is C15H28N2O2. The van der Waals surface area contributed by atoms with E-state index in [0.717, 1.165) is 32.2 Å². The van der Waals surface area contributed by atoms with Crippen molar-refractivity contribution in [2.45, 2.75) is 64.0 Å². The molecule has 2 unspecified atom stereocenters. The fourth-order valence-corrected chi connectivity index (χ4v) is 3.53.